The first-order valence-corrected chi connectivity index (χ1v) is 8.98. The lowest BCUT2D eigenvalue weighted by molar-refractivity contribution is 0.597. The van der Waals surface area contributed by atoms with Crippen LogP contribution in [0.3, 0.4) is 0 Å². The van der Waals surface area contributed by atoms with Crippen LogP contribution in [0.25, 0.3) is 0 Å². The highest BCUT2D eigenvalue weighted by atomic mass is 32.2. The van der Waals surface area contributed by atoms with Crippen LogP contribution in [0.15, 0.2) is 29.2 Å². The number of benzene rings is 1. The Morgan fingerprint density at radius 1 is 1.43 bits per heavy atom. The van der Waals surface area contributed by atoms with Gasteiger partial charge in [-0.3, -0.25) is 0 Å². The summed E-state index contributed by atoms with van der Waals surface area (Å²) < 4.78 is 27.1. The van der Waals surface area contributed by atoms with E-state index in [4.69, 9.17) is 5.14 Å². The summed E-state index contributed by atoms with van der Waals surface area (Å²) in [6.07, 6.45) is 2.34. The van der Waals surface area contributed by atoms with Gasteiger partial charge in [0.25, 0.3) is 0 Å². The fourth-order valence-corrected chi connectivity index (χ4v) is 3.33. The first-order chi connectivity index (χ1) is 9.93. The van der Waals surface area contributed by atoms with Crippen LogP contribution >= 0.6 is 11.5 Å². The Hall–Kier alpha value is -1.51. The lowest BCUT2D eigenvalue weighted by Gasteiger charge is -2.13. The lowest BCUT2D eigenvalue weighted by Crippen LogP contribution is -2.13. The van der Waals surface area contributed by atoms with Crippen molar-refractivity contribution in [3.05, 3.63) is 35.7 Å². The van der Waals surface area contributed by atoms with Gasteiger partial charge in [0.15, 0.2) is 0 Å². The molecule has 0 bridgehead atoms. The van der Waals surface area contributed by atoms with Crippen LogP contribution in [0.4, 0.5) is 5.13 Å². The minimum atomic E-state index is -3.68. The minimum absolute atomic E-state index is 0.0771. The number of rotatable bonds is 5. The van der Waals surface area contributed by atoms with Gasteiger partial charge in [0.1, 0.15) is 5.82 Å². The van der Waals surface area contributed by atoms with Crippen LogP contribution in [0.2, 0.25) is 0 Å². The van der Waals surface area contributed by atoms with E-state index in [1.54, 1.807) is 12.1 Å². The number of hydrogen-bond acceptors (Lipinski definition) is 6. The van der Waals surface area contributed by atoms with Crippen molar-refractivity contribution in [2.45, 2.75) is 36.6 Å². The Labute approximate surface area is 127 Å². The van der Waals surface area contributed by atoms with Crippen molar-refractivity contribution < 1.29 is 8.42 Å². The molecule has 1 aliphatic carbocycles. The smallest absolute Gasteiger partial charge is 0.238 e. The molecule has 0 saturated heterocycles. The molecule has 1 aromatic carbocycles. The molecule has 0 aliphatic heterocycles. The van der Waals surface area contributed by atoms with E-state index in [1.807, 2.05) is 13.0 Å². The average Bonchev–Trinajstić information content (AvgIpc) is 3.19. The van der Waals surface area contributed by atoms with Gasteiger partial charge in [-0.2, -0.15) is 4.37 Å². The molecule has 1 heterocycles. The molecule has 1 atom stereocenters. The number of nitrogens with zero attached hydrogens (tertiary/aromatic N) is 2. The molecule has 3 N–H and O–H groups in total. The third-order valence-electron chi connectivity index (χ3n) is 3.41. The second-order valence-electron chi connectivity index (χ2n) is 5.22. The molecular weight excluding hydrogens is 308 g/mol. The first-order valence-electron chi connectivity index (χ1n) is 6.66. The Morgan fingerprint density at radius 2 is 2.19 bits per heavy atom. The van der Waals surface area contributed by atoms with Gasteiger partial charge in [-0.15, -0.1) is 0 Å². The fourth-order valence-electron chi connectivity index (χ4n) is 2.03. The lowest BCUT2D eigenvalue weighted by atomic mass is 10.1. The third-order valence-corrected chi connectivity index (χ3v) is 4.98. The quantitative estimate of drug-likeness (QED) is 0.879. The number of nitrogens with two attached hydrogens (primary N) is 1. The largest absolute Gasteiger partial charge is 0.354 e. The maximum absolute atomic E-state index is 11.4. The first kappa shape index (κ1) is 14.4. The number of sulfonamides is 1. The number of nitrogens with one attached hydrogen (secondary N) is 1. The SMILES string of the molecule is CC(Nc1nc(C2CC2)ns1)c1cccc(S(N)(=O)=O)c1. The van der Waals surface area contributed by atoms with E-state index in [2.05, 4.69) is 14.7 Å². The van der Waals surface area contributed by atoms with Gasteiger partial charge in [-0.05, 0) is 37.5 Å². The van der Waals surface area contributed by atoms with E-state index in [1.165, 1.54) is 30.4 Å². The highest BCUT2D eigenvalue weighted by Crippen LogP contribution is 2.39. The molecule has 0 spiro atoms. The second-order valence-corrected chi connectivity index (χ2v) is 7.53. The molecule has 21 heavy (non-hydrogen) atoms. The van der Waals surface area contributed by atoms with Crippen LogP contribution in [-0.4, -0.2) is 17.8 Å². The Morgan fingerprint density at radius 3 is 2.86 bits per heavy atom. The monoisotopic (exact) mass is 324 g/mol. The van der Waals surface area contributed by atoms with E-state index in [-0.39, 0.29) is 10.9 Å². The molecule has 1 saturated carbocycles. The molecule has 1 aliphatic rings. The third kappa shape index (κ3) is 3.39. The number of primary sulfonamides is 1. The average molecular weight is 324 g/mol. The second kappa shape index (κ2) is 5.36. The normalized spacial score (nSPS) is 16.7. The fraction of sp³-hybridized carbons (Fsp3) is 0.385. The van der Waals surface area contributed by atoms with Crippen LogP contribution in [-0.2, 0) is 10.0 Å². The number of aromatic nitrogens is 2. The summed E-state index contributed by atoms with van der Waals surface area (Å²) in [7, 11) is -3.68. The summed E-state index contributed by atoms with van der Waals surface area (Å²) in [5.41, 5.74) is 0.838. The van der Waals surface area contributed by atoms with E-state index in [9.17, 15) is 8.42 Å². The zero-order valence-electron chi connectivity index (χ0n) is 11.5. The Kier molecular flexibility index (Phi) is 3.68. The zero-order valence-corrected chi connectivity index (χ0v) is 13.1. The van der Waals surface area contributed by atoms with E-state index in [0.717, 1.165) is 16.5 Å². The van der Waals surface area contributed by atoms with Crippen molar-refractivity contribution in [2.75, 3.05) is 5.32 Å². The van der Waals surface area contributed by atoms with E-state index < -0.39 is 10.0 Å². The van der Waals surface area contributed by atoms with E-state index >= 15 is 0 Å². The van der Waals surface area contributed by atoms with E-state index in [0.29, 0.717) is 5.92 Å². The molecule has 8 heteroatoms. The molecule has 0 amide bonds. The number of hydrogen-bond donors (Lipinski definition) is 2. The van der Waals surface area contributed by atoms with Crippen molar-refractivity contribution in [1.29, 1.82) is 0 Å². The highest BCUT2D eigenvalue weighted by Gasteiger charge is 2.28. The van der Waals surface area contributed by atoms with Crippen LogP contribution in [0.5, 0.6) is 0 Å². The molecule has 1 fully saturated rings. The van der Waals surface area contributed by atoms with Crippen LogP contribution < -0.4 is 10.5 Å². The van der Waals surface area contributed by atoms with Crippen molar-refractivity contribution in [1.82, 2.24) is 9.36 Å². The van der Waals surface area contributed by atoms with Gasteiger partial charge in [0.05, 0.1) is 10.9 Å². The minimum Gasteiger partial charge on any atom is -0.354 e. The van der Waals surface area contributed by atoms with Gasteiger partial charge >= 0.3 is 0 Å². The van der Waals surface area contributed by atoms with Crippen molar-refractivity contribution in [2.24, 2.45) is 5.14 Å². The molecule has 1 aromatic heterocycles. The maximum Gasteiger partial charge on any atom is 0.238 e. The molecular formula is C13H16N4O2S2. The predicted octanol–water partition coefficient (Wildman–Crippen LogP) is 2.24. The molecule has 2 aromatic rings. The van der Waals surface area contributed by atoms with Gasteiger partial charge < -0.3 is 5.32 Å². The van der Waals surface area contributed by atoms with Crippen molar-refractivity contribution >= 4 is 26.7 Å². The topological polar surface area (TPSA) is 98.0 Å². The van der Waals surface area contributed by atoms with Crippen LogP contribution in [0, 0.1) is 0 Å². The summed E-state index contributed by atoms with van der Waals surface area (Å²) in [6, 6.07) is 6.53. The zero-order chi connectivity index (χ0) is 15.0. The summed E-state index contributed by atoms with van der Waals surface area (Å²) in [4.78, 5) is 4.58. The summed E-state index contributed by atoms with van der Waals surface area (Å²) in [5, 5.41) is 9.16. The molecule has 112 valence electrons. The maximum atomic E-state index is 11.4. The standard InChI is InChI=1S/C13H16N4O2S2/c1-8(10-3-2-4-11(7-10)21(14,18)19)15-13-16-12(17-20-13)9-5-6-9/h2-4,7-9H,5-6H2,1H3,(H2,14,18,19)(H,15,16,17). The van der Waals surface area contributed by atoms with Gasteiger partial charge in [-0.25, -0.2) is 18.5 Å². The summed E-state index contributed by atoms with van der Waals surface area (Å²) in [5.74, 6) is 1.44. The Bertz CT molecular complexity index is 753. The van der Waals surface area contributed by atoms with Gasteiger partial charge in [-0.1, -0.05) is 12.1 Å². The molecule has 3 rings (SSSR count). The van der Waals surface area contributed by atoms with Crippen molar-refractivity contribution in [3.63, 3.8) is 0 Å². The molecule has 6 nitrogen and oxygen atoms in total. The van der Waals surface area contributed by atoms with Crippen molar-refractivity contribution in [3.8, 4) is 0 Å². The highest BCUT2D eigenvalue weighted by molar-refractivity contribution is 7.89. The molecule has 0 radical (unpaired) electrons. The van der Waals surface area contributed by atoms with Crippen LogP contribution in [0.1, 0.15) is 43.1 Å². The predicted molar refractivity (Wildman–Crippen MR) is 81.7 cm³/mol. The summed E-state index contributed by atoms with van der Waals surface area (Å²) in [6.45, 7) is 1.94. The Balaban J connectivity index is 1.76. The molecule has 1 unspecified atom stereocenters. The van der Waals surface area contributed by atoms with Gasteiger partial charge in [0, 0.05) is 17.5 Å². The number of anilines is 1. The van der Waals surface area contributed by atoms with Gasteiger partial charge in [0.2, 0.25) is 15.2 Å². The summed E-state index contributed by atoms with van der Waals surface area (Å²) >= 11 is 1.34.